The first-order chi connectivity index (χ1) is 32.8. The number of carbonyl (C=O) groups excluding carboxylic acids is 2. The summed E-state index contributed by atoms with van der Waals surface area (Å²) < 4.78 is 32.8. The van der Waals surface area contributed by atoms with Crippen LogP contribution in [-0.4, -0.2) is 49.3 Å². The Bertz CT molecular complexity index is 1600. The van der Waals surface area contributed by atoms with E-state index >= 15 is 0 Å². The molecule has 0 amide bonds. The lowest BCUT2D eigenvalue weighted by molar-refractivity contribution is -0.161. The minimum absolute atomic E-state index is 0.0361. The van der Waals surface area contributed by atoms with Gasteiger partial charge in [0.05, 0.1) is 13.2 Å². The van der Waals surface area contributed by atoms with E-state index in [-0.39, 0.29) is 32.6 Å². The van der Waals surface area contributed by atoms with Gasteiger partial charge in [0.15, 0.2) is 6.10 Å². The second kappa shape index (κ2) is 51.3. The Morgan fingerprint density at radius 3 is 1.18 bits per heavy atom. The summed E-state index contributed by atoms with van der Waals surface area (Å²) in [5.41, 5.74) is 5.36. The molecule has 2 unspecified atom stereocenters. The van der Waals surface area contributed by atoms with Gasteiger partial charge in [-0.3, -0.25) is 18.6 Å². The Kier molecular flexibility index (Phi) is 48.1. The number of phosphoric ester groups is 1. The zero-order valence-corrected chi connectivity index (χ0v) is 42.5. The molecule has 0 aromatic heterocycles. The third-order valence-corrected chi connectivity index (χ3v) is 10.7. The first-order valence-corrected chi connectivity index (χ1v) is 26.8. The zero-order valence-electron chi connectivity index (χ0n) is 41.6. The molecule has 0 heterocycles. The van der Waals surface area contributed by atoms with Crippen LogP contribution in [0.5, 0.6) is 0 Å². The van der Waals surface area contributed by atoms with Crippen LogP contribution in [0.1, 0.15) is 168 Å². The van der Waals surface area contributed by atoms with E-state index in [1.807, 2.05) is 0 Å². The van der Waals surface area contributed by atoms with Crippen LogP contribution in [0.4, 0.5) is 0 Å². The van der Waals surface area contributed by atoms with Crippen molar-refractivity contribution in [2.45, 2.75) is 174 Å². The minimum atomic E-state index is -4.41. The molecule has 0 saturated heterocycles. The van der Waals surface area contributed by atoms with Gasteiger partial charge in [-0.25, -0.2) is 4.57 Å². The molecule has 376 valence electrons. The van der Waals surface area contributed by atoms with Gasteiger partial charge in [0.1, 0.15) is 6.61 Å². The standard InChI is InChI=1S/C57H90NO8P/c1-3-5-7-9-11-13-15-17-19-20-21-22-23-24-25-26-27-28-29-30-31-32-33-34-36-38-40-42-44-46-48-50-57(60)66-55(54-65-67(61,62)64-52-51-58)53-63-56(59)49-47-45-43-41-39-37-35-18-16-14-12-10-8-6-4-2/h5-8,11-14,17-19,21-22,24-25,27-28,30-31,33-35,39,41,55H,3-4,9-10,15-16,20,23,26,29,32,36-38,40,42-54,58H2,1-2H3,(H,61,62)/b7-5-,8-6-,13-11-,14-12-,19-17-,22-21-,25-24-,28-27-,31-30-,34-33-,35-18-,41-39-. The van der Waals surface area contributed by atoms with E-state index in [2.05, 4.69) is 160 Å². The molecule has 0 spiro atoms. The number of rotatable bonds is 45. The van der Waals surface area contributed by atoms with Crippen molar-refractivity contribution in [2.24, 2.45) is 5.73 Å². The molecule has 9 nitrogen and oxygen atoms in total. The normalized spacial score (nSPS) is 14.4. The van der Waals surface area contributed by atoms with Gasteiger partial charge in [-0.1, -0.05) is 185 Å². The highest BCUT2D eigenvalue weighted by Crippen LogP contribution is 2.43. The minimum Gasteiger partial charge on any atom is -0.462 e. The van der Waals surface area contributed by atoms with Gasteiger partial charge in [-0.15, -0.1) is 0 Å². The number of hydrogen-bond acceptors (Lipinski definition) is 8. The molecule has 0 radical (unpaired) electrons. The Hall–Kier alpha value is -4.11. The van der Waals surface area contributed by atoms with E-state index in [1.165, 1.54) is 0 Å². The number of ether oxygens (including phenoxy) is 2. The SMILES string of the molecule is CC/C=C\C/C=C\C/C=C\C/C=C\C/C=C\C/C=C\C/C=C\C/C=C\CCCCCCCCC(=O)OC(COC(=O)CCCC/C=C\C/C=C\C/C=C\C/C=C\CC)COP(=O)(O)OCCN. The van der Waals surface area contributed by atoms with Gasteiger partial charge in [-0.05, 0) is 116 Å². The summed E-state index contributed by atoms with van der Waals surface area (Å²) in [6, 6.07) is 0. The molecule has 67 heavy (non-hydrogen) atoms. The zero-order chi connectivity index (χ0) is 48.8. The van der Waals surface area contributed by atoms with Crippen molar-refractivity contribution in [1.29, 1.82) is 0 Å². The van der Waals surface area contributed by atoms with Crippen molar-refractivity contribution in [3.05, 3.63) is 146 Å². The molecule has 0 fully saturated rings. The molecule has 10 heteroatoms. The van der Waals surface area contributed by atoms with Crippen molar-refractivity contribution >= 4 is 19.8 Å². The summed E-state index contributed by atoms with van der Waals surface area (Å²) in [5.74, 6) is -0.910. The molecule has 0 aliphatic rings. The maximum atomic E-state index is 12.6. The third kappa shape index (κ3) is 51.1. The number of hydrogen-bond donors (Lipinski definition) is 2. The summed E-state index contributed by atoms with van der Waals surface area (Å²) in [6.45, 7) is 3.41. The van der Waals surface area contributed by atoms with E-state index in [9.17, 15) is 19.0 Å². The average molecular weight is 948 g/mol. The smallest absolute Gasteiger partial charge is 0.462 e. The summed E-state index contributed by atoms with van der Waals surface area (Å²) in [6.07, 6.45) is 73.2. The first kappa shape index (κ1) is 62.9. The molecule has 0 rings (SSSR count). The predicted molar refractivity (Wildman–Crippen MR) is 283 cm³/mol. The summed E-state index contributed by atoms with van der Waals surface area (Å²) in [7, 11) is -4.41. The Morgan fingerprint density at radius 1 is 0.448 bits per heavy atom. The van der Waals surface area contributed by atoms with Crippen LogP contribution < -0.4 is 5.73 Å². The lowest BCUT2D eigenvalue weighted by Crippen LogP contribution is -2.29. The molecule has 0 saturated carbocycles. The van der Waals surface area contributed by atoms with Gasteiger partial charge in [-0.2, -0.15) is 0 Å². The Morgan fingerprint density at radius 2 is 0.776 bits per heavy atom. The van der Waals surface area contributed by atoms with Crippen LogP contribution in [0.3, 0.4) is 0 Å². The molecular formula is C57H90NO8P. The second-order valence-corrected chi connectivity index (χ2v) is 17.4. The summed E-state index contributed by atoms with van der Waals surface area (Å²) in [4.78, 5) is 35.0. The Labute approximate surface area is 407 Å². The lowest BCUT2D eigenvalue weighted by atomic mass is 10.1. The highest BCUT2D eigenvalue weighted by molar-refractivity contribution is 7.47. The van der Waals surface area contributed by atoms with Gasteiger partial charge >= 0.3 is 19.8 Å². The largest absolute Gasteiger partial charge is 0.472 e. The van der Waals surface area contributed by atoms with E-state index < -0.39 is 32.5 Å². The lowest BCUT2D eigenvalue weighted by Gasteiger charge is -2.19. The van der Waals surface area contributed by atoms with Crippen LogP contribution in [0.25, 0.3) is 0 Å². The van der Waals surface area contributed by atoms with Gasteiger partial charge < -0.3 is 20.1 Å². The predicted octanol–water partition coefficient (Wildman–Crippen LogP) is 15.6. The number of carbonyl (C=O) groups is 2. The number of nitrogens with two attached hydrogens (primary N) is 1. The summed E-state index contributed by atoms with van der Waals surface area (Å²) >= 11 is 0. The van der Waals surface area contributed by atoms with Crippen molar-refractivity contribution in [1.82, 2.24) is 0 Å². The second-order valence-electron chi connectivity index (χ2n) is 15.9. The summed E-state index contributed by atoms with van der Waals surface area (Å²) in [5, 5.41) is 0. The monoisotopic (exact) mass is 948 g/mol. The third-order valence-electron chi connectivity index (χ3n) is 9.72. The van der Waals surface area contributed by atoms with Crippen molar-refractivity contribution < 1.29 is 37.6 Å². The molecule has 2 atom stereocenters. The fourth-order valence-corrected chi connectivity index (χ4v) is 6.82. The molecular weight excluding hydrogens is 858 g/mol. The highest BCUT2D eigenvalue weighted by atomic mass is 31.2. The van der Waals surface area contributed by atoms with Crippen LogP contribution in [0.2, 0.25) is 0 Å². The fraction of sp³-hybridized carbons (Fsp3) is 0.544. The molecule has 3 N–H and O–H groups in total. The van der Waals surface area contributed by atoms with Crippen molar-refractivity contribution in [3.8, 4) is 0 Å². The van der Waals surface area contributed by atoms with Crippen LogP contribution in [0.15, 0.2) is 146 Å². The topological polar surface area (TPSA) is 134 Å². The maximum absolute atomic E-state index is 12.6. The quantitative estimate of drug-likeness (QED) is 0.0265. The van der Waals surface area contributed by atoms with Gasteiger partial charge in [0.25, 0.3) is 0 Å². The Balaban J connectivity index is 4.16. The molecule has 0 aliphatic heterocycles. The molecule has 0 bridgehead atoms. The van der Waals surface area contributed by atoms with E-state index in [4.69, 9.17) is 24.3 Å². The molecule has 0 aromatic carbocycles. The molecule has 0 aliphatic carbocycles. The van der Waals surface area contributed by atoms with Crippen LogP contribution in [-0.2, 0) is 32.7 Å². The molecule has 0 aromatic rings. The highest BCUT2D eigenvalue weighted by Gasteiger charge is 2.26. The first-order valence-electron chi connectivity index (χ1n) is 25.3. The van der Waals surface area contributed by atoms with E-state index in [1.54, 1.807) is 0 Å². The number of esters is 2. The maximum Gasteiger partial charge on any atom is 0.472 e. The van der Waals surface area contributed by atoms with E-state index in [0.29, 0.717) is 12.8 Å². The number of phosphoric acid groups is 1. The van der Waals surface area contributed by atoms with E-state index in [0.717, 1.165) is 128 Å². The van der Waals surface area contributed by atoms with Crippen molar-refractivity contribution in [3.63, 3.8) is 0 Å². The van der Waals surface area contributed by atoms with Crippen LogP contribution >= 0.6 is 7.82 Å². The van der Waals surface area contributed by atoms with Crippen LogP contribution in [0, 0.1) is 0 Å². The van der Waals surface area contributed by atoms with Gasteiger partial charge in [0.2, 0.25) is 0 Å². The van der Waals surface area contributed by atoms with Crippen molar-refractivity contribution in [2.75, 3.05) is 26.4 Å². The fourth-order valence-electron chi connectivity index (χ4n) is 6.05. The average Bonchev–Trinajstić information content (AvgIpc) is 3.32. The van der Waals surface area contributed by atoms with Gasteiger partial charge in [0, 0.05) is 19.4 Å². The number of allylic oxidation sites excluding steroid dienone is 24. The number of unbranched alkanes of at least 4 members (excludes halogenated alkanes) is 8.